The Bertz CT molecular complexity index is 472. The van der Waals surface area contributed by atoms with Crippen LogP contribution in [-0.2, 0) is 4.79 Å². The number of rotatable bonds is 7. The van der Waals surface area contributed by atoms with Crippen molar-refractivity contribution in [1.29, 1.82) is 0 Å². The molecule has 2 rings (SSSR count). The summed E-state index contributed by atoms with van der Waals surface area (Å²) >= 11 is 0. The van der Waals surface area contributed by atoms with E-state index >= 15 is 0 Å². The van der Waals surface area contributed by atoms with Crippen molar-refractivity contribution in [3.05, 3.63) is 35.9 Å². The van der Waals surface area contributed by atoms with Gasteiger partial charge in [0.1, 0.15) is 0 Å². The molecule has 0 saturated carbocycles. The third kappa shape index (κ3) is 5.30. The highest BCUT2D eigenvalue weighted by Crippen LogP contribution is 2.13. The minimum atomic E-state index is -0.103. The van der Waals surface area contributed by atoms with Crippen LogP contribution in [0.4, 0.5) is 0 Å². The molecule has 0 aliphatic carbocycles. The van der Waals surface area contributed by atoms with E-state index in [9.17, 15) is 4.79 Å². The molecule has 0 spiro atoms. The number of nitrogens with one attached hydrogen (secondary N) is 1. The summed E-state index contributed by atoms with van der Waals surface area (Å²) in [6.07, 6.45) is 0. The third-order valence-electron chi connectivity index (χ3n) is 4.70. The van der Waals surface area contributed by atoms with Crippen LogP contribution in [0.3, 0.4) is 0 Å². The van der Waals surface area contributed by atoms with Gasteiger partial charge >= 0.3 is 0 Å². The lowest BCUT2D eigenvalue weighted by atomic mass is 10.0. The molecule has 1 saturated heterocycles. The molecular weight excluding hydrogens is 290 g/mol. The monoisotopic (exact) mass is 319 g/mol. The van der Waals surface area contributed by atoms with E-state index in [0.29, 0.717) is 12.5 Å². The smallest absolute Gasteiger partial charge is 0.237 e. The van der Waals surface area contributed by atoms with Crippen molar-refractivity contribution in [3.8, 4) is 0 Å². The van der Waals surface area contributed by atoms with E-state index in [1.54, 1.807) is 0 Å². The zero-order valence-electron chi connectivity index (χ0n) is 14.2. The second-order valence-electron chi connectivity index (χ2n) is 6.33. The Morgan fingerprint density at radius 1 is 1.17 bits per heavy atom. The molecule has 0 radical (unpaired) electrons. The van der Waals surface area contributed by atoms with Gasteiger partial charge in [0.15, 0.2) is 0 Å². The second kappa shape index (κ2) is 9.01. The molecule has 1 fully saturated rings. The maximum Gasteiger partial charge on any atom is 0.237 e. The number of piperazine rings is 1. The van der Waals surface area contributed by atoms with Crippen molar-refractivity contribution in [2.75, 3.05) is 45.9 Å². The molecule has 1 heterocycles. The molecule has 23 heavy (non-hydrogen) atoms. The number of amides is 1. The van der Waals surface area contributed by atoms with Gasteiger partial charge in [-0.15, -0.1) is 0 Å². The predicted molar refractivity (Wildman–Crippen MR) is 92.4 cm³/mol. The van der Waals surface area contributed by atoms with Crippen LogP contribution >= 0.6 is 0 Å². The van der Waals surface area contributed by atoms with Crippen molar-refractivity contribution in [3.63, 3.8) is 0 Å². The molecule has 2 atom stereocenters. The molecule has 1 amide bonds. The summed E-state index contributed by atoms with van der Waals surface area (Å²) in [4.78, 5) is 16.8. The Hall–Kier alpha value is -1.43. The number of nitrogens with zero attached hydrogens (tertiary/aromatic N) is 2. The van der Waals surface area contributed by atoms with Gasteiger partial charge in [-0.2, -0.15) is 0 Å². The summed E-state index contributed by atoms with van der Waals surface area (Å²) in [5.74, 6) is 0.414. The molecule has 128 valence electrons. The first kappa shape index (κ1) is 17.9. The fraction of sp³-hybridized carbons (Fsp3) is 0.611. The lowest BCUT2D eigenvalue weighted by molar-refractivity contribution is -0.126. The summed E-state index contributed by atoms with van der Waals surface area (Å²) < 4.78 is 0. The highest BCUT2D eigenvalue weighted by molar-refractivity contribution is 5.81. The zero-order chi connectivity index (χ0) is 16.7. The Balaban J connectivity index is 1.75. The largest absolute Gasteiger partial charge is 0.395 e. The average molecular weight is 319 g/mol. The number of aliphatic hydroxyl groups is 1. The Morgan fingerprint density at radius 2 is 1.83 bits per heavy atom. The van der Waals surface area contributed by atoms with Gasteiger partial charge in [0.25, 0.3) is 0 Å². The standard InChI is InChI=1S/C18H29N3O2/c1-15(17-6-4-3-5-7-17)14-19-18(23)16(2)21-10-8-20(9-11-21)12-13-22/h3-7,15-16,22H,8-14H2,1-2H3,(H,19,23). The predicted octanol–water partition coefficient (Wildman–Crippen LogP) is 0.905. The first-order valence-corrected chi connectivity index (χ1v) is 8.51. The minimum absolute atomic E-state index is 0.100. The van der Waals surface area contributed by atoms with E-state index in [0.717, 1.165) is 32.7 Å². The van der Waals surface area contributed by atoms with E-state index in [4.69, 9.17) is 5.11 Å². The van der Waals surface area contributed by atoms with Crippen LogP contribution in [-0.4, -0.2) is 72.7 Å². The van der Waals surface area contributed by atoms with Gasteiger partial charge in [-0.25, -0.2) is 0 Å². The highest BCUT2D eigenvalue weighted by atomic mass is 16.3. The summed E-state index contributed by atoms with van der Waals surface area (Å²) in [5, 5.41) is 12.1. The topological polar surface area (TPSA) is 55.8 Å². The van der Waals surface area contributed by atoms with Gasteiger partial charge in [0.05, 0.1) is 12.6 Å². The van der Waals surface area contributed by atoms with Crippen LogP contribution in [0.2, 0.25) is 0 Å². The molecule has 0 aromatic heterocycles. The first-order valence-electron chi connectivity index (χ1n) is 8.51. The molecule has 2 unspecified atom stereocenters. The van der Waals surface area contributed by atoms with Crippen LogP contribution in [0.25, 0.3) is 0 Å². The van der Waals surface area contributed by atoms with Crippen molar-refractivity contribution in [1.82, 2.24) is 15.1 Å². The normalized spacial score (nSPS) is 19.3. The summed E-state index contributed by atoms with van der Waals surface area (Å²) in [7, 11) is 0. The van der Waals surface area contributed by atoms with Crippen LogP contribution in [0.1, 0.15) is 25.3 Å². The number of β-amino-alcohol motifs (C(OH)–C–C–N with tert-alkyl or cyclic N) is 1. The van der Waals surface area contributed by atoms with Gasteiger partial charge in [0, 0.05) is 39.3 Å². The Labute approximate surface area is 139 Å². The highest BCUT2D eigenvalue weighted by Gasteiger charge is 2.25. The van der Waals surface area contributed by atoms with Crippen LogP contribution in [0.5, 0.6) is 0 Å². The van der Waals surface area contributed by atoms with E-state index in [1.165, 1.54) is 5.56 Å². The molecule has 1 aromatic rings. The average Bonchev–Trinajstić information content (AvgIpc) is 2.60. The lowest BCUT2D eigenvalue weighted by Crippen LogP contribution is -2.54. The molecular formula is C18H29N3O2. The van der Waals surface area contributed by atoms with E-state index in [-0.39, 0.29) is 18.6 Å². The van der Waals surface area contributed by atoms with Gasteiger partial charge in [-0.1, -0.05) is 37.3 Å². The zero-order valence-corrected chi connectivity index (χ0v) is 14.2. The molecule has 0 bridgehead atoms. The maximum atomic E-state index is 12.4. The molecule has 5 heteroatoms. The van der Waals surface area contributed by atoms with Gasteiger partial charge in [-0.05, 0) is 18.4 Å². The molecule has 1 aromatic carbocycles. The summed E-state index contributed by atoms with van der Waals surface area (Å²) in [6.45, 7) is 9.29. The number of carbonyl (C=O) groups is 1. The number of benzene rings is 1. The molecule has 5 nitrogen and oxygen atoms in total. The first-order chi connectivity index (χ1) is 11.1. The fourth-order valence-electron chi connectivity index (χ4n) is 2.98. The summed E-state index contributed by atoms with van der Waals surface area (Å²) in [5.41, 5.74) is 1.25. The SMILES string of the molecule is CC(CNC(=O)C(C)N1CCN(CCO)CC1)c1ccccc1. The van der Waals surface area contributed by atoms with E-state index < -0.39 is 0 Å². The fourth-order valence-corrected chi connectivity index (χ4v) is 2.98. The Kier molecular flexibility index (Phi) is 7.02. The van der Waals surface area contributed by atoms with Crippen LogP contribution in [0, 0.1) is 0 Å². The quantitative estimate of drug-likeness (QED) is 0.784. The van der Waals surface area contributed by atoms with Gasteiger partial charge in [0.2, 0.25) is 5.91 Å². The number of aliphatic hydroxyl groups excluding tert-OH is 1. The third-order valence-corrected chi connectivity index (χ3v) is 4.70. The maximum absolute atomic E-state index is 12.4. The molecule has 2 N–H and O–H groups in total. The van der Waals surface area contributed by atoms with E-state index in [2.05, 4.69) is 34.2 Å². The van der Waals surface area contributed by atoms with Crippen molar-refractivity contribution < 1.29 is 9.90 Å². The molecule has 1 aliphatic heterocycles. The number of hydrogen-bond acceptors (Lipinski definition) is 4. The van der Waals surface area contributed by atoms with Crippen LogP contribution < -0.4 is 5.32 Å². The summed E-state index contributed by atoms with van der Waals surface area (Å²) in [6, 6.07) is 10.2. The van der Waals surface area contributed by atoms with Gasteiger partial charge in [-0.3, -0.25) is 14.6 Å². The number of carbonyl (C=O) groups excluding carboxylic acids is 1. The van der Waals surface area contributed by atoms with Crippen molar-refractivity contribution in [2.45, 2.75) is 25.8 Å². The minimum Gasteiger partial charge on any atom is -0.395 e. The van der Waals surface area contributed by atoms with Gasteiger partial charge < -0.3 is 10.4 Å². The van der Waals surface area contributed by atoms with Crippen molar-refractivity contribution in [2.24, 2.45) is 0 Å². The van der Waals surface area contributed by atoms with Crippen LogP contribution in [0.15, 0.2) is 30.3 Å². The second-order valence-corrected chi connectivity index (χ2v) is 6.33. The Morgan fingerprint density at radius 3 is 2.43 bits per heavy atom. The molecule has 1 aliphatic rings. The number of hydrogen-bond donors (Lipinski definition) is 2. The van der Waals surface area contributed by atoms with Crippen molar-refractivity contribution >= 4 is 5.91 Å². The lowest BCUT2D eigenvalue weighted by Gasteiger charge is -2.37. The van der Waals surface area contributed by atoms with E-state index in [1.807, 2.05) is 25.1 Å².